The van der Waals surface area contributed by atoms with Crippen molar-refractivity contribution in [2.45, 2.75) is 36.9 Å². The molecule has 6 nitrogen and oxygen atoms in total. The second kappa shape index (κ2) is 6.97. The van der Waals surface area contributed by atoms with Crippen molar-refractivity contribution in [3.8, 4) is 0 Å². The van der Waals surface area contributed by atoms with E-state index in [1.54, 1.807) is 0 Å². The quantitative estimate of drug-likeness (QED) is 0.763. The Morgan fingerprint density at radius 1 is 1.19 bits per heavy atom. The molecule has 0 aliphatic carbocycles. The molecule has 4 heterocycles. The van der Waals surface area contributed by atoms with Gasteiger partial charge in [0, 0.05) is 32.7 Å². The van der Waals surface area contributed by atoms with E-state index in [9.17, 15) is 21.6 Å². The van der Waals surface area contributed by atoms with Gasteiger partial charge in [0.05, 0.1) is 12.1 Å². The van der Waals surface area contributed by atoms with Crippen LogP contribution in [0.4, 0.5) is 13.2 Å². The first-order valence-electron chi connectivity index (χ1n) is 9.45. The highest BCUT2D eigenvalue weighted by Gasteiger charge is 2.50. The summed E-state index contributed by atoms with van der Waals surface area (Å²) in [7, 11) is -5.18. The molecule has 0 bridgehead atoms. The van der Waals surface area contributed by atoms with E-state index in [1.165, 1.54) is 5.82 Å². The monoisotopic (exact) mass is 406 g/mol. The predicted molar refractivity (Wildman–Crippen MR) is 95.0 cm³/mol. The van der Waals surface area contributed by atoms with Crippen molar-refractivity contribution in [2.24, 2.45) is 5.92 Å². The number of alkyl halides is 3. The molecule has 0 spiro atoms. The van der Waals surface area contributed by atoms with Crippen LogP contribution in [-0.2, 0) is 10.0 Å². The molecule has 4 aliphatic rings. The number of sulfonamides is 1. The third-order valence-corrected chi connectivity index (χ3v) is 7.74. The summed E-state index contributed by atoms with van der Waals surface area (Å²) in [6.07, 6.45) is 8.31. The van der Waals surface area contributed by atoms with Crippen molar-refractivity contribution in [1.29, 1.82) is 0 Å². The second-order valence-electron chi connectivity index (χ2n) is 7.79. The maximum Gasteiger partial charge on any atom is 0.511 e. The lowest BCUT2D eigenvalue weighted by Crippen LogP contribution is -2.56. The van der Waals surface area contributed by atoms with E-state index < -0.39 is 15.5 Å². The zero-order valence-electron chi connectivity index (χ0n) is 15.0. The highest BCUT2D eigenvalue weighted by atomic mass is 32.2. The van der Waals surface area contributed by atoms with Gasteiger partial charge in [-0.15, -0.1) is 0 Å². The number of hydrogen-bond donors (Lipinski definition) is 1. The lowest BCUT2D eigenvalue weighted by atomic mass is 9.94. The van der Waals surface area contributed by atoms with Gasteiger partial charge in [-0.3, -0.25) is 4.90 Å². The van der Waals surface area contributed by atoms with Gasteiger partial charge >= 0.3 is 15.5 Å². The lowest BCUT2D eigenvalue weighted by molar-refractivity contribution is -0.0497. The van der Waals surface area contributed by atoms with Crippen molar-refractivity contribution in [1.82, 2.24) is 19.4 Å². The van der Waals surface area contributed by atoms with Gasteiger partial charge in [0.15, 0.2) is 0 Å². The average molecular weight is 406 g/mol. The second-order valence-corrected chi connectivity index (χ2v) is 9.72. The van der Waals surface area contributed by atoms with E-state index in [4.69, 9.17) is 0 Å². The molecule has 0 aromatic rings. The van der Waals surface area contributed by atoms with Crippen LogP contribution in [-0.4, -0.2) is 79.4 Å². The summed E-state index contributed by atoms with van der Waals surface area (Å²) in [6, 6.07) is 0.830. The van der Waals surface area contributed by atoms with E-state index in [0.29, 0.717) is 29.2 Å². The highest BCUT2D eigenvalue weighted by molar-refractivity contribution is 7.90. The molecule has 27 heavy (non-hydrogen) atoms. The average Bonchev–Trinajstić information content (AvgIpc) is 3.04. The van der Waals surface area contributed by atoms with E-state index in [-0.39, 0.29) is 19.0 Å². The summed E-state index contributed by atoms with van der Waals surface area (Å²) in [5, 5.41) is 3.44. The first-order chi connectivity index (χ1) is 12.8. The highest BCUT2D eigenvalue weighted by Crippen LogP contribution is 2.32. The van der Waals surface area contributed by atoms with E-state index >= 15 is 0 Å². The first-order valence-corrected chi connectivity index (χ1v) is 10.9. The predicted octanol–water partition coefficient (Wildman–Crippen LogP) is 1.31. The minimum atomic E-state index is -5.20. The summed E-state index contributed by atoms with van der Waals surface area (Å²) in [5.74, 6) is 1.48. The minimum absolute atomic E-state index is 0.0354. The third kappa shape index (κ3) is 3.58. The van der Waals surface area contributed by atoms with Gasteiger partial charge in [0.2, 0.25) is 0 Å². The molecule has 10 heteroatoms. The number of nitrogens with one attached hydrogen (secondary N) is 1. The lowest BCUT2D eigenvalue weighted by Gasteiger charge is -2.44. The summed E-state index contributed by atoms with van der Waals surface area (Å²) in [4.78, 5) is 4.88. The Bertz CT molecular complexity index is 729. The largest absolute Gasteiger partial charge is 0.511 e. The molecule has 1 N–H and O–H groups in total. The first kappa shape index (κ1) is 19.1. The Hall–Kier alpha value is -1.26. The number of rotatable bonds is 4. The van der Waals surface area contributed by atoms with Crippen molar-refractivity contribution < 1.29 is 21.6 Å². The normalized spacial score (nSPS) is 30.2. The molecule has 4 aliphatic heterocycles. The number of nitrogens with zero attached hydrogens (tertiary/aromatic N) is 3. The van der Waals surface area contributed by atoms with Crippen molar-refractivity contribution in [3.05, 3.63) is 24.0 Å². The fourth-order valence-corrected chi connectivity index (χ4v) is 5.63. The Morgan fingerprint density at radius 3 is 2.63 bits per heavy atom. The van der Waals surface area contributed by atoms with E-state index in [1.807, 2.05) is 0 Å². The van der Waals surface area contributed by atoms with Gasteiger partial charge in [-0.25, -0.2) is 8.42 Å². The fraction of sp³-hybridized carbons (Fsp3) is 0.765. The molecule has 2 atom stereocenters. The molecule has 152 valence electrons. The third-order valence-electron chi connectivity index (χ3n) is 6.11. The topological polar surface area (TPSA) is 55.9 Å². The molecule has 2 unspecified atom stereocenters. The molecule has 0 amide bonds. The smallest absolute Gasteiger partial charge is 0.370 e. The van der Waals surface area contributed by atoms with Gasteiger partial charge in [0.25, 0.3) is 0 Å². The Kier molecular flexibility index (Phi) is 4.92. The SMILES string of the molecule is O=S(=O)(N1CCC(CCN2CC3C=CC=C4NCC(C2)N43)CC1)C(F)(F)F. The van der Waals surface area contributed by atoms with Gasteiger partial charge < -0.3 is 10.2 Å². The van der Waals surface area contributed by atoms with Crippen LogP contribution in [0.5, 0.6) is 0 Å². The summed E-state index contributed by atoms with van der Waals surface area (Å²) < 4.78 is 61.6. The van der Waals surface area contributed by atoms with Crippen LogP contribution in [0.1, 0.15) is 19.3 Å². The van der Waals surface area contributed by atoms with Crippen LogP contribution in [0.25, 0.3) is 0 Å². The Balaban J connectivity index is 1.26. The number of piperazine rings is 1. The van der Waals surface area contributed by atoms with Crippen LogP contribution in [0.2, 0.25) is 0 Å². The van der Waals surface area contributed by atoms with Gasteiger partial charge in [0.1, 0.15) is 5.82 Å². The van der Waals surface area contributed by atoms with Crippen LogP contribution >= 0.6 is 0 Å². The Morgan fingerprint density at radius 2 is 1.93 bits per heavy atom. The van der Waals surface area contributed by atoms with Crippen molar-refractivity contribution in [3.63, 3.8) is 0 Å². The van der Waals surface area contributed by atoms with Crippen LogP contribution in [0.3, 0.4) is 0 Å². The number of halogens is 3. The fourth-order valence-electron chi connectivity index (χ4n) is 4.64. The zero-order valence-corrected chi connectivity index (χ0v) is 15.8. The van der Waals surface area contributed by atoms with Gasteiger partial charge in [-0.2, -0.15) is 17.5 Å². The number of allylic oxidation sites excluding steroid dienone is 2. The summed E-state index contributed by atoms with van der Waals surface area (Å²) in [5.41, 5.74) is -5.20. The maximum absolute atomic E-state index is 12.7. The van der Waals surface area contributed by atoms with Crippen LogP contribution < -0.4 is 5.32 Å². The molecule has 0 radical (unpaired) electrons. The van der Waals surface area contributed by atoms with Gasteiger partial charge in [-0.1, -0.05) is 12.2 Å². The maximum atomic E-state index is 12.7. The number of piperidine rings is 1. The van der Waals surface area contributed by atoms with Crippen molar-refractivity contribution in [2.75, 3.05) is 39.3 Å². The summed E-state index contributed by atoms with van der Waals surface area (Å²) >= 11 is 0. The molecule has 0 aromatic carbocycles. The van der Waals surface area contributed by atoms with Gasteiger partial charge in [-0.05, 0) is 37.8 Å². The molecule has 0 saturated carbocycles. The molecule has 3 fully saturated rings. The van der Waals surface area contributed by atoms with E-state index in [0.717, 1.165) is 32.6 Å². The summed E-state index contributed by atoms with van der Waals surface area (Å²) in [6.45, 7) is 3.71. The van der Waals surface area contributed by atoms with Crippen LogP contribution in [0, 0.1) is 5.92 Å². The molecular formula is C17H25F3N4O2S. The van der Waals surface area contributed by atoms with Crippen LogP contribution in [0.15, 0.2) is 24.0 Å². The Labute approximate surface area is 157 Å². The molecule has 4 rings (SSSR count). The number of hydrogen-bond acceptors (Lipinski definition) is 5. The van der Waals surface area contributed by atoms with Crippen molar-refractivity contribution >= 4 is 10.0 Å². The molecule has 0 aromatic heterocycles. The zero-order chi connectivity index (χ0) is 19.2. The minimum Gasteiger partial charge on any atom is -0.370 e. The van der Waals surface area contributed by atoms with E-state index in [2.05, 4.69) is 33.3 Å². The standard InChI is InChI=1S/C17H25F3N4O2S/c18-17(19,20)27(25,26)23-8-5-13(6-9-23)4-7-22-11-14-2-1-3-16-21-10-15(12-22)24(14)16/h1-3,13-15,21H,4-12H2. The molecule has 3 saturated heterocycles. The molecular weight excluding hydrogens is 381 g/mol.